The van der Waals surface area contributed by atoms with E-state index in [1.54, 1.807) is 0 Å². The predicted octanol–water partition coefficient (Wildman–Crippen LogP) is 2.17. The summed E-state index contributed by atoms with van der Waals surface area (Å²) in [6.45, 7) is 4.27. The quantitative estimate of drug-likeness (QED) is 0.588. The molecule has 1 aliphatic heterocycles. The lowest BCUT2D eigenvalue weighted by Gasteiger charge is -2.56. The highest BCUT2D eigenvalue weighted by atomic mass is 16.5. The van der Waals surface area contributed by atoms with Gasteiger partial charge >= 0.3 is 5.97 Å². The number of fused-ring (bicyclic) bond motifs is 1. The molecule has 1 saturated carbocycles. The number of allylic oxidation sites excluding steroid dienone is 1. The van der Waals surface area contributed by atoms with Gasteiger partial charge in [0.05, 0.1) is 18.6 Å². The van der Waals surface area contributed by atoms with Gasteiger partial charge in [0, 0.05) is 12.0 Å². The van der Waals surface area contributed by atoms with Crippen LogP contribution in [0, 0.1) is 22.7 Å². The number of ether oxygens (including phenoxy) is 1. The Balaban J connectivity index is 1.89. The standard InChI is InChI=1S/C20H28O5/c1-19-9-7-17(23)20(2,12-22)16(19)6-4-14(11-21)15(19)5-3-13-8-10-25-18(13)24/h4,8,15-16,21-22H,3,5-7,9-12H2,1-2H3/t15-,16+,19+,20+/m1/s1. The van der Waals surface area contributed by atoms with Crippen LogP contribution in [0.4, 0.5) is 0 Å². The van der Waals surface area contributed by atoms with Crippen LogP contribution in [0.3, 0.4) is 0 Å². The lowest BCUT2D eigenvalue weighted by atomic mass is 9.47. The van der Waals surface area contributed by atoms with E-state index in [0.29, 0.717) is 31.4 Å². The molecule has 0 aromatic heterocycles. The minimum Gasteiger partial charge on any atom is -0.458 e. The van der Waals surface area contributed by atoms with E-state index >= 15 is 0 Å². The minimum absolute atomic E-state index is 0.000254. The van der Waals surface area contributed by atoms with Gasteiger partial charge in [-0.05, 0) is 54.6 Å². The molecule has 3 rings (SSSR count). The lowest BCUT2D eigenvalue weighted by Crippen LogP contribution is -2.55. The second-order valence-corrected chi connectivity index (χ2v) is 8.15. The SMILES string of the molecule is C[C@@]12CCC(=O)[C@@](C)(CO)[C@H]1CC=C(CO)[C@H]2CCC1=CCOC1=O. The summed E-state index contributed by atoms with van der Waals surface area (Å²) in [5.41, 5.74) is 0.815. The first-order chi connectivity index (χ1) is 11.9. The average Bonchev–Trinajstić information content (AvgIpc) is 3.01. The van der Waals surface area contributed by atoms with E-state index in [9.17, 15) is 19.8 Å². The van der Waals surface area contributed by atoms with Crippen LogP contribution < -0.4 is 0 Å². The number of aliphatic hydroxyl groups excluding tert-OH is 2. The molecule has 2 N–H and O–H groups in total. The van der Waals surface area contributed by atoms with Crippen molar-refractivity contribution in [3.8, 4) is 0 Å². The van der Waals surface area contributed by atoms with Crippen molar-refractivity contribution in [2.75, 3.05) is 19.8 Å². The molecule has 25 heavy (non-hydrogen) atoms. The summed E-state index contributed by atoms with van der Waals surface area (Å²) in [5, 5.41) is 19.8. The van der Waals surface area contributed by atoms with E-state index in [0.717, 1.165) is 18.4 Å². The molecule has 0 aromatic carbocycles. The van der Waals surface area contributed by atoms with Gasteiger partial charge in [-0.3, -0.25) is 4.79 Å². The monoisotopic (exact) mass is 348 g/mol. The van der Waals surface area contributed by atoms with Crippen LogP contribution in [0.2, 0.25) is 0 Å². The van der Waals surface area contributed by atoms with Crippen molar-refractivity contribution in [2.24, 2.45) is 22.7 Å². The molecule has 0 radical (unpaired) electrons. The molecule has 1 heterocycles. The van der Waals surface area contributed by atoms with Crippen molar-refractivity contribution < 1.29 is 24.5 Å². The maximum absolute atomic E-state index is 12.5. The van der Waals surface area contributed by atoms with Gasteiger partial charge in [-0.15, -0.1) is 0 Å². The third kappa shape index (κ3) is 2.87. The fraction of sp³-hybridized carbons (Fsp3) is 0.700. The zero-order chi connectivity index (χ0) is 18.2. The Morgan fingerprint density at radius 3 is 2.60 bits per heavy atom. The first-order valence-corrected chi connectivity index (χ1v) is 9.17. The lowest BCUT2D eigenvalue weighted by molar-refractivity contribution is -0.149. The molecule has 1 fully saturated rings. The molecule has 0 saturated heterocycles. The minimum atomic E-state index is -0.728. The van der Waals surface area contributed by atoms with Crippen LogP contribution in [0.15, 0.2) is 23.3 Å². The van der Waals surface area contributed by atoms with Gasteiger partial charge in [0.25, 0.3) is 0 Å². The van der Waals surface area contributed by atoms with Gasteiger partial charge in [0.15, 0.2) is 0 Å². The number of carbonyl (C=O) groups is 2. The predicted molar refractivity (Wildman–Crippen MR) is 92.6 cm³/mol. The van der Waals surface area contributed by atoms with E-state index in [2.05, 4.69) is 6.92 Å². The Labute approximate surface area is 148 Å². The number of carbonyl (C=O) groups excluding carboxylic acids is 2. The number of Topliss-reactive ketones (excluding diaryl/α,β-unsaturated/α-hetero) is 1. The van der Waals surface area contributed by atoms with Crippen LogP contribution >= 0.6 is 0 Å². The average molecular weight is 348 g/mol. The molecular formula is C20H28O5. The summed E-state index contributed by atoms with van der Waals surface area (Å²) in [5.74, 6) is 0.0470. The number of cyclic esters (lactones) is 1. The molecule has 5 heteroatoms. The molecule has 3 aliphatic rings. The smallest absolute Gasteiger partial charge is 0.334 e. The second kappa shape index (κ2) is 6.69. The van der Waals surface area contributed by atoms with E-state index in [1.807, 2.05) is 19.1 Å². The maximum atomic E-state index is 12.5. The van der Waals surface area contributed by atoms with Crippen molar-refractivity contribution in [3.63, 3.8) is 0 Å². The summed E-state index contributed by atoms with van der Waals surface area (Å²) < 4.78 is 4.98. The molecule has 0 aromatic rings. The Morgan fingerprint density at radius 2 is 2.00 bits per heavy atom. The van der Waals surface area contributed by atoms with E-state index in [-0.39, 0.29) is 42.2 Å². The van der Waals surface area contributed by atoms with Gasteiger partial charge < -0.3 is 14.9 Å². The summed E-state index contributed by atoms with van der Waals surface area (Å²) in [7, 11) is 0. The molecule has 0 amide bonds. The summed E-state index contributed by atoms with van der Waals surface area (Å²) in [6, 6.07) is 0. The van der Waals surface area contributed by atoms with E-state index in [1.165, 1.54) is 0 Å². The number of aliphatic hydroxyl groups is 2. The number of ketones is 1. The third-order valence-electron chi connectivity index (χ3n) is 6.97. The zero-order valence-corrected chi connectivity index (χ0v) is 15.1. The first-order valence-electron chi connectivity index (χ1n) is 9.17. The van der Waals surface area contributed by atoms with Gasteiger partial charge in [-0.25, -0.2) is 4.79 Å². The topological polar surface area (TPSA) is 83.8 Å². The molecule has 2 aliphatic carbocycles. The van der Waals surface area contributed by atoms with Crippen molar-refractivity contribution in [2.45, 2.75) is 46.0 Å². The fourth-order valence-corrected chi connectivity index (χ4v) is 5.33. The second-order valence-electron chi connectivity index (χ2n) is 8.15. The largest absolute Gasteiger partial charge is 0.458 e. The van der Waals surface area contributed by atoms with Crippen molar-refractivity contribution >= 4 is 11.8 Å². The number of hydrogen-bond acceptors (Lipinski definition) is 5. The van der Waals surface area contributed by atoms with Crippen molar-refractivity contribution in [1.29, 1.82) is 0 Å². The van der Waals surface area contributed by atoms with Crippen molar-refractivity contribution in [1.82, 2.24) is 0 Å². The van der Waals surface area contributed by atoms with Crippen LogP contribution in [0.5, 0.6) is 0 Å². The van der Waals surface area contributed by atoms with E-state index in [4.69, 9.17) is 4.74 Å². The van der Waals surface area contributed by atoms with Crippen molar-refractivity contribution in [3.05, 3.63) is 23.3 Å². The summed E-state index contributed by atoms with van der Waals surface area (Å²) in [6.07, 6.45) is 7.17. The van der Waals surface area contributed by atoms with Gasteiger partial charge in [0.1, 0.15) is 12.4 Å². The number of hydrogen-bond donors (Lipinski definition) is 2. The normalized spacial score (nSPS) is 38.1. The molecule has 138 valence electrons. The van der Waals surface area contributed by atoms with E-state index < -0.39 is 5.41 Å². The molecule has 0 bridgehead atoms. The Bertz CT molecular complexity index is 634. The highest BCUT2D eigenvalue weighted by Crippen LogP contribution is 2.59. The van der Waals surface area contributed by atoms with Crippen LogP contribution in [0.25, 0.3) is 0 Å². The van der Waals surface area contributed by atoms with Gasteiger partial charge in [-0.2, -0.15) is 0 Å². The van der Waals surface area contributed by atoms with Crippen LogP contribution in [-0.4, -0.2) is 41.8 Å². The highest BCUT2D eigenvalue weighted by Gasteiger charge is 2.57. The Morgan fingerprint density at radius 1 is 1.24 bits per heavy atom. The molecule has 5 nitrogen and oxygen atoms in total. The Kier molecular flexibility index (Phi) is 4.91. The summed E-state index contributed by atoms with van der Waals surface area (Å²) in [4.78, 5) is 24.2. The first kappa shape index (κ1) is 18.3. The molecular weight excluding hydrogens is 320 g/mol. The summed E-state index contributed by atoms with van der Waals surface area (Å²) >= 11 is 0. The fourth-order valence-electron chi connectivity index (χ4n) is 5.33. The molecule has 4 atom stereocenters. The highest BCUT2D eigenvalue weighted by molar-refractivity contribution is 5.90. The Hall–Kier alpha value is -1.46. The number of esters is 1. The molecule has 0 spiro atoms. The van der Waals surface area contributed by atoms with Gasteiger partial charge in [0.2, 0.25) is 0 Å². The van der Waals surface area contributed by atoms with Crippen LogP contribution in [-0.2, 0) is 14.3 Å². The maximum Gasteiger partial charge on any atom is 0.334 e. The van der Waals surface area contributed by atoms with Gasteiger partial charge in [-0.1, -0.05) is 19.9 Å². The number of rotatable bonds is 5. The third-order valence-corrected chi connectivity index (χ3v) is 6.97. The molecule has 0 unspecified atom stereocenters. The zero-order valence-electron chi connectivity index (χ0n) is 15.1. The van der Waals surface area contributed by atoms with Crippen LogP contribution in [0.1, 0.15) is 46.0 Å².